The molecular weight excluding hydrogens is 246 g/mol. The average Bonchev–Trinajstić information content (AvgIpc) is 2.76. The molecule has 0 saturated carbocycles. The van der Waals surface area contributed by atoms with Crippen LogP contribution in [0, 0.1) is 6.92 Å². The number of piperazine rings is 1. The summed E-state index contributed by atoms with van der Waals surface area (Å²) in [6.45, 7) is 5.82. The Hall–Kier alpha value is -1.17. The molecule has 98 valence electrons. The van der Waals surface area contributed by atoms with Crippen molar-refractivity contribution in [1.29, 1.82) is 0 Å². The topological polar surface area (TPSA) is 35.6 Å². The van der Waals surface area contributed by atoms with Crippen LogP contribution in [0.25, 0.3) is 6.08 Å². The summed E-state index contributed by atoms with van der Waals surface area (Å²) in [6, 6.07) is 4.09. The molecule has 0 bridgehead atoms. The van der Waals surface area contributed by atoms with Gasteiger partial charge in [0.15, 0.2) is 0 Å². The van der Waals surface area contributed by atoms with Gasteiger partial charge in [0.05, 0.1) is 0 Å². The number of hydrogen-bond donors (Lipinski definition) is 1. The van der Waals surface area contributed by atoms with Crippen molar-refractivity contribution in [2.45, 2.75) is 6.92 Å². The van der Waals surface area contributed by atoms with Gasteiger partial charge in [0, 0.05) is 42.0 Å². The van der Waals surface area contributed by atoms with Crippen LogP contribution in [0.15, 0.2) is 18.2 Å². The molecule has 0 aromatic carbocycles. The van der Waals surface area contributed by atoms with Gasteiger partial charge in [-0.05, 0) is 32.2 Å². The van der Waals surface area contributed by atoms with E-state index in [9.17, 15) is 4.79 Å². The van der Waals surface area contributed by atoms with E-state index in [0.717, 1.165) is 31.1 Å². The van der Waals surface area contributed by atoms with Crippen LogP contribution in [-0.2, 0) is 4.79 Å². The Labute approximate surface area is 112 Å². The normalized spacial score (nSPS) is 18.3. The van der Waals surface area contributed by atoms with Gasteiger partial charge in [-0.25, -0.2) is 5.01 Å². The number of hydrazine groups is 1. The monoisotopic (exact) mass is 265 g/mol. The van der Waals surface area contributed by atoms with E-state index >= 15 is 0 Å². The number of thiophene rings is 1. The van der Waals surface area contributed by atoms with Crippen LogP contribution in [0.5, 0.6) is 0 Å². The molecule has 4 nitrogen and oxygen atoms in total. The van der Waals surface area contributed by atoms with Crippen LogP contribution in [-0.4, -0.2) is 49.0 Å². The third-order valence-corrected chi connectivity index (χ3v) is 3.90. The second-order valence-electron chi connectivity index (χ2n) is 4.55. The molecule has 18 heavy (non-hydrogen) atoms. The highest BCUT2D eigenvalue weighted by atomic mass is 32.1. The van der Waals surface area contributed by atoms with Gasteiger partial charge in [-0.3, -0.25) is 10.2 Å². The van der Waals surface area contributed by atoms with Crippen molar-refractivity contribution in [2.24, 2.45) is 0 Å². The molecule has 1 aromatic rings. The van der Waals surface area contributed by atoms with Gasteiger partial charge in [0.25, 0.3) is 5.91 Å². The predicted octanol–water partition coefficient (Wildman–Crippen LogP) is 1.35. The Bertz CT molecular complexity index is 433. The quantitative estimate of drug-likeness (QED) is 0.838. The van der Waals surface area contributed by atoms with E-state index < -0.39 is 0 Å². The first-order valence-corrected chi connectivity index (χ1v) is 6.94. The Morgan fingerprint density at radius 2 is 2.06 bits per heavy atom. The van der Waals surface area contributed by atoms with Crippen molar-refractivity contribution < 1.29 is 4.79 Å². The van der Waals surface area contributed by atoms with Crippen molar-refractivity contribution >= 4 is 23.3 Å². The lowest BCUT2D eigenvalue weighted by atomic mass is 10.4. The predicted molar refractivity (Wildman–Crippen MR) is 75.3 cm³/mol. The summed E-state index contributed by atoms with van der Waals surface area (Å²) in [5, 5.41) is 1.98. The van der Waals surface area contributed by atoms with Crippen molar-refractivity contribution in [1.82, 2.24) is 15.3 Å². The van der Waals surface area contributed by atoms with E-state index in [4.69, 9.17) is 0 Å². The van der Waals surface area contributed by atoms with E-state index in [1.807, 2.05) is 17.2 Å². The molecule has 1 fully saturated rings. The first kappa shape index (κ1) is 13.3. The Morgan fingerprint density at radius 1 is 1.33 bits per heavy atom. The minimum atomic E-state index is -0.0504. The van der Waals surface area contributed by atoms with E-state index in [2.05, 4.69) is 30.4 Å². The molecule has 0 atom stereocenters. The molecule has 0 spiro atoms. The minimum absolute atomic E-state index is 0.0504. The first-order chi connectivity index (χ1) is 8.63. The summed E-state index contributed by atoms with van der Waals surface area (Å²) >= 11 is 1.69. The summed E-state index contributed by atoms with van der Waals surface area (Å²) in [5.41, 5.74) is 2.90. The van der Waals surface area contributed by atoms with Gasteiger partial charge >= 0.3 is 0 Å². The summed E-state index contributed by atoms with van der Waals surface area (Å²) in [6.07, 6.45) is 3.46. The third-order valence-electron chi connectivity index (χ3n) is 2.93. The number of carbonyl (C=O) groups is 1. The summed E-state index contributed by atoms with van der Waals surface area (Å²) in [5.74, 6) is -0.0504. The van der Waals surface area contributed by atoms with E-state index in [1.165, 1.54) is 4.88 Å². The van der Waals surface area contributed by atoms with Crippen molar-refractivity contribution in [3.8, 4) is 0 Å². The lowest BCUT2D eigenvalue weighted by molar-refractivity contribution is -0.121. The van der Waals surface area contributed by atoms with Crippen LogP contribution in [0.4, 0.5) is 0 Å². The number of rotatable bonds is 3. The van der Waals surface area contributed by atoms with E-state index in [0.29, 0.717) is 0 Å². The number of carbonyl (C=O) groups excluding carboxylic acids is 1. The molecule has 1 amide bonds. The maximum atomic E-state index is 11.7. The number of nitrogens with one attached hydrogen (secondary N) is 1. The third kappa shape index (κ3) is 3.94. The zero-order valence-corrected chi connectivity index (χ0v) is 11.7. The smallest absolute Gasteiger partial charge is 0.258 e. The van der Waals surface area contributed by atoms with E-state index in [-0.39, 0.29) is 5.91 Å². The van der Waals surface area contributed by atoms with Crippen molar-refractivity contribution in [3.05, 3.63) is 28.0 Å². The Kier molecular flexibility index (Phi) is 4.52. The van der Waals surface area contributed by atoms with Crippen LogP contribution in [0.1, 0.15) is 9.75 Å². The molecule has 1 aliphatic rings. The molecule has 1 aromatic heterocycles. The SMILES string of the molecule is Cc1ccc(/C=C/C(=O)NN2CCN(C)CC2)s1. The first-order valence-electron chi connectivity index (χ1n) is 6.12. The lowest BCUT2D eigenvalue weighted by Gasteiger charge is -2.31. The summed E-state index contributed by atoms with van der Waals surface area (Å²) in [7, 11) is 2.10. The van der Waals surface area contributed by atoms with Gasteiger partial charge in [0.2, 0.25) is 0 Å². The van der Waals surface area contributed by atoms with E-state index in [1.54, 1.807) is 17.4 Å². The highest BCUT2D eigenvalue weighted by Crippen LogP contribution is 2.16. The number of aryl methyl sites for hydroxylation is 1. The average molecular weight is 265 g/mol. The fourth-order valence-electron chi connectivity index (χ4n) is 1.81. The zero-order valence-electron chi connectivity index (χ0n) is 10.8. The Balaban J connectivity index is 1.80. The largest absolute Gasteiger partial charge is 0.304 e. The number of hydrogen-bond acceptors (Lipinski definition) is 4. The second kappa shape index (κ2) is 6.13. The minimum Gasteiger partial charge on any atom is -0.304 e. The number of amides is 1. The summed E-state index contributed by atoms with van der Waals surface area (Å²) < 4.78 is 0. The van der Waals surface area contributed by atoms with Gasteiger partial charge in [0.1, 0.15) is 0 Å². The maximum absolute atomic E-state index is 11.7. The maximum Gasteiger partial charge on any atom is 0.258 e. The highest BCUT2D eigenvalue weighted by molar-refractivity contribution is 7.12. The van der Waals surface area contributed by atoms with Gasteiger partial charge in [-0.15, -0.1) is 11.3 Å². The molecule has 0 unspecified atom stereocenters. The van der Waals surface area contributed by atoms with Crippen molar-refractivity contribution in [2.75, 3.05) is 33.2 Å². The molecule has 2 heterocycles. The second-order valence-corrected chi connectivity index (χ2v) is 5.87. The molecule has 1 N–H and O–H groups in total. The fourth-order valence-corrected chi connectivity index (χ4v) is 2.59. The molecule has 0 radical (unpaired) electrons. The molecule has 5 heteroatoms. The number of likely N-dealkylation sites (N-methyl/N-ethyl adjacent to an activating group) is 1. The number of nitrogens with zero attached hydrogens (tertiary/aromatic N) is 2. The van der Waals surface area contributed by atoms with Crippen molar-refractivity contribution in [3.63, 3.8) is 0 Å². The highest BCUT2D eigenvalue weighted by Gasteiger charge is 2.14. The van der Waals surface area contributed by atoms with Crippen LogP contribution < -0.4 is 5.43 Å². The molecule has 1 saturated heterocycles. The van der Waals surface area contributed by atoms with Gasteiger partial charge in [-0.1, -0.05) is 0 Å². The molecule has 1 aliphatic heterocycles. The molecule has 0 aliphatic carbocycles. The molecular formula is C13H19N3OS. The Morgan fingerprint density at radius 3 is 2.67 bits per heavy atom. The fraction of sp³-hybridized carbons (Fsp3) is 0.462. The van der Waals surface area contributed by atoms with Crippen LogP contribution >= 0.6 is 11.3 Å². The van der Waals surface area contributed by atoms with Crippen LogP contribution in [0.2, 0.25) is 0 Å². The van der Waals surface area contributed by atoms with Gasteiger partial charge < -0.3 is 4.90 Å². The lowest BCUT2D eigenvalue weighted by Crippen LogP contribution is -2.52. The van der Waals surface area contributed by atoms with Crippen LogP contribution in [0.3, 0.4) is 0 Å². The standard InChI is InChI=1S/C13H19N3OS/c1-11-3-4-12(18-11)5-6-13(17)14-16-9-7-15(2)8-10-16/h3-6H,7-10H2,1-2H3,(H,14,17)/b6-5+. The zero-order chi connectivity index (χ0) is 13.0. The summed E-state index contributed by atoms with van der Waals surface area (Å²) in [4.78, 5) is 16.4. The molecule has 2 rings (SSSR count). The van der Waals surface area contributed by atoms with Gasteiger partial charge in [-0.2, -0.15) is 0 Å².